The van der Waals surface area contributed by atoms with Crippen LogP contribution in [0, 0.1) is 5.82 Å². The van der Waals surface area contributed by atoms with E-state index < -0.39 is 29.6 Å². The van der Waals surface area contributed by atoms with E-state index in [1.165, 1.54) is 16.9 Å². The van der Waals surface area contributed by atoms with Gasteiger partial charge in [0.2, 0.25) is 0 Å². The molecular formula is C18H20F4N4O3. The molecule has 0 spiro atoms. The van der Waals surface area contributed by atoms with Crippen molar-refractivity contribution in [1.82, 2.24) is 15.1 Å². The van der Waals surface area contributed by atoms with Gasteiger partial charge in [-0.15, -0.1) is 0 Å². The Labute approximate surface area is 163 Å². The Bertz CT molecular complexity index is 920. The summed E-state index contributed by atoms with van der Waals surface area (Å²) in [6.45, 7) is 0.341. The topological polar surface area (TPSA) is 99.2 Å². The van der Waals surface area contributed by atoms with Crippen LogP contribution < -0.4 is 11.1 Å². The number of fused-ring (bicyclic) bond motifs is 1. The van der Waals surface area contributed by atoms with E-state index in [1.807, 2.05) is 0 Å². The van der Waals surface area contributed by atoms with Crippen LogP contribution in [0.4, 0.5) is 17.6 Å². The zero-order valence-corrected chi connectivity index (χ0v) is 15.4. The van der Waals surface area contributed by atoms with Gasteiger partial charge in [-0.3, -0.25) is 14.8 Å². The number of hydrogen-bond donors (Lipinski definition) is 2. The molecule has 2 aromatic rings. The summed E-state index contributed by atoms with van der Waals surface area (Å²) in [5.41, 5.74) is 4.03. The lowest BCUT2D eigenvalue weighted by Gasteiger charge is -2.37. The second kappa shape index (κ2) is 7.97. The van der Waals surface area contributed by atoms with Gasteiger partial charge in [0.15, 0.2) is 5.72 Å². The molecule has 1 aliphatic carbocycles. The van der Waals surface area contributed by atoms with Crippen molar-refractivity contribution in [1.29, 1.82) is 0 Å². The first-order valence-corrected chi connectivity index (χ1v) is 9.11. The van der Waals surface area contributed by atoms with Gasteiger partial charge in [-0.1, -0.05) is 6.42 Å². The summed E-state index contributed by atoms with van der Waals surface area (Å²) in [4.78, 5) is 22.8. The molecule has 1 aromatic heterocycles. The molecule has 0 radical (unpaired) electrons. The summed E-state index contributed by atoms with van der Waals surface area (Å²) < 4.78 is 57.7. The molecule has 0 bridgehead atoms. The van der Waals surface area contributed by atoms with Crippen LogP contribution in [-0.2, 0) is 16.1 Å². The Morgan fingerprint density at radius 3 is 2.55 bits per heavy atom. The molecule has 1 fully saturated rings. The minimum atomic E-state index is -5.07. The van der Waals surface area contributed by atoms with Crippen LogP contribution >= 0.6 is 0 Å². The number of esters is 1. The van der Waals surface area contributed by atoms with E-state index in [-0.39, 0.29) is 37.0 Å². The molecule has 0 unspecified atom stereocenters. The number of carbonyl (C=O) groups is 2. The molecule has 1 aliphatic rings. The lowest BCUT2D eigenvalue weighted by molar-refractivity contribution is -0.220. The molecule has 11 heteroatoms. The highest BCUT2D eigenvalue weighted by Crippen LogP contribution is 2.32. The molecule has 1 amide bonds. The number of amides is 1. The fourth-order valence-corrected chi connectivity index (χ4v) is 3.52. The Hall–Kier alpha value is -2.69. The molecule has 1 saturated carbocycles. The molecule has 1 aromatic carbocycles. The van der Waals surface area contributed by atoms with E-state index in [4.69, 9.17) is 10.5 Å². The summed E-state index contributed by atoms with van der Waals surface area (Å²) in [5.74, 6) is -3.68. The second-order valence-electron chi connectivity index (χ2n) is 7.02. The number of halogens is 4. The fourth-order valence-electron chi connectivity index (χ4n) is 3.52. The number of benzene rings is 1. The lowest BCUT2D eigenvalue weighted by Crippen LogP contribution is -2.53. The summed E-state index contributed by atoms with van der Waals surface area (Å²) >= 11 is 0. The number of primary amides is 1. The molecule has 3 rings (SSSR count). The smallest absolute Gasteiger partial charge is 0.437 e. The van der Waals surface area contributed by atoms with Crippen LogP contribution in [0.25, 0.3) is 10.9 Å². The molecule has 0 atom stereocenters. The SMILES string of the molecule is NC(=O)c1cc(F)cc2cn(CCNC3(OC(=O)C(F)(F)F)CCCCC3)nc12. The van der Waals surface area contributed by atoms with Crippen molar-refractivity contribution < 1.29 is 31.9 Å². The van der Waals surface area contributed by atoms with E-state index in [0.29, 0.717) is 18.2 Å². The minimum Gasteiger partial charge on any atom is -0.437 e. The zero-order chi connectivity index (χ0) is 21.2. The normalized spacial score (nSPS) is 16.7. The lowest BCUT2D eigenvalue weighted by atomic mass is 9.91. The van der Waals surface area contributed by atoms with Crippen molar-refractivity contribution in [3.05, 3.63) is 29.7 Å². The van der Waals surface area contributed by atoms with E-state index in [2.05, 4.69) is 10.4 Å². The third-order valence-corrected chi connectivity index (χ3v) is 4.86. The average molecular weight is 416 g/mol. The van der Waals surface area contributed by atoms with E-state index >= 15 is 0 Å². The van der Waals surface area contributed by atoms with Crippen molar-refractivity contribution in [2.45, 2.75) is 50.6 Å². The standard InChI is InChI=1S/C18H20F4N4O3/c19-12-8-11-10-26(25-14(11)13(9-12)15(23)27)7-6-24-17(4-2-1-3-5-17)29-16(28)18(20,21)22/h8-10,24H,1-7H2,(H2,23,27). The summed E-state index contributed by atoms with van der Waals surface area (Å²) in [6, 6.07) is 2.19. The Morgan fingerprint density at radius 1 is 1.24 bits per heavy atom. The van der Waals surface area contributed by atoms with Crippen LogP contribution in [0.1, 0.15) is 42.5 Å². The first kappa shape index (κ1) is 21.0. The highest BCUT2D eigenvalue weighted by molar-refractivity contribution is 6.04. The van der Waals surface area contributed by atoms with Gasteiger partial charge < -0.3 is 10.5 Å². The van der Waals surface area contributed by atoms with Gasteiger partial charge in [0.05, 0.1) is 12.1 Å². The monoisotopic (exact) mass is 416 g/mol. The van der Waals surface area contributed by atoms with Gasteiger partial charge in [0.25, 0.3) is 5.91 Å². The average Bonchev–Trinajstić information content (AvgIpc) is 3.03. The molecule has 0 saturated heterocycles. The molecule has 158 valence electrons. The predicted octanol–water partition coefficient (Wildman–Crippen LogP) is 2.63. The summed E-state index contributed by atoms with van der Waals surface area (Å²) in [7, 11) is 0. The number of aromatic nitrogens is 2. The zero-order valence-electron chi connectivity index (χ0n) is 15.4. The van der Waals surface area contributed by atoms with Gasteiger partial charge in [-0.2, -0.15) is 18.3 Å². The highest BCUT2D eigenvalue weighted by atomic mass is 19.4. The molecule has 3 N–H and O–H groups in total. The second-order valence-corrected chi connectivity index (χ2v) is 7.02. The maximum Gasteiger partial charge on any atom is 0.490 e. The number of ether oxygens (including phenoxy) is 1. The van der Waals surface area contributed by atoms with Crippen LogP contribution in [0.3, 0.4) is 0 Å². The van der Waals surface area contributed by atoms with Gasteiger partial charge in [0, 0.05) is 31.0 Å². The van der Waals surface area contributed by atoms with Crippen LogP contribution in [0.5, 0.6) is 0 Å². The van der Waals surface area contributed by atoms with Crippen LogP contribution in [0.2, 0.25) is 0 Å². The van der Waals surface area contributed by atoms with Gasteiger partial charge >= 0.3 is 12.1 Å². The third kappa shape index (κ3) is 4.84. The summed E-state index contributed by atoms with van der Waals surface area (Å²) in [5, 5.41) is 7.48. The molecule has 0 aliphatic heterocycles. The number of rotatable bonds is 6. The van der Waals surface area contributed by atoms with Crippen molar-refractivity contribution >= 4 is 22.8 Å². The molecular weight excluding hydrogens is 396 g/mol. The van der Waals surface area contributed by atoms with Crippen LogP contribution in [0.15, 0.2) is 18.3 Å². The van der Waals surface area contributed by atoms with Gasteiger partial charge in [-0.25, -0.2) is 9.18 Å². The predicted molar refractivity (Wildman–Crippen MR) is 94.2 cm³/mol. The quantitative estimate of drug-likeness (QED) is 0.429. The van der Waals surface area contributed by atoms with E-state index in [9.17, 15) is 27.2 Å². The molecule has 29 heavy (non-hydrogen) atoms. The van der Waals surface area contributed by atoms with Crippen LogP contribution in [-0.4, -0.2) is 40.1 Å². The maximum atomic E-state index is 13.6. The first-order chi connectivity index (χ1) is 13.6. The number of alkyl halides is 3. The molecule has 7 nitrogen and oxygen atoms in total. The van der Waals surface area contributed by atoms with Crippen molar-refractivity contribution in [3.63, 3.8) is 0 Å². The van der Waals surface area contributed by atoms with Gasteiger partial charge in [-0.05, 0) is 25.0 Å². The minimum absolute atomic E-state index is 0.0606. The van der Waals surface area contributed by atoms with Crippen molar-refractivity contribution in [3.8, 4) is 0 Å². The summed E-state index contributed by atoms with van der Waals surface area (Å²) in [6.07, 6.45) is -0.919. The van der Waals surface area contributed by atoms with Crippen molar-refractivity contribution in [2.75, 3.05) is 6.54 Å². The fraction of sp³-hybridized carbons (Fsp3) is 0.500. The number of nitrogens with two attached hydrogens (primary N) is 1. The number of nitrogens with one attached hydrogen (secondary N) is 1. The first-order valence-electron chi connectivity index (χ1n) is 9.11. The highest BCUT2D eigenvalue weighted by Gasteiger charge is 2.46. The number of carbonyl (C=O) groups excluding carboxylic acids is 2. The number of nitrogens with zero attached hydrogens (tertiary/aromatic N) is 2. The van der Waals surface area contributed by atoms with E-state index in [0.717, 1.165) is 12.5 Å². The van der Waals surface area contributed by atoms with E-state index in [1.54, 1.807) is 0 Å². The van der Waals surface area contributed by atoms with Crippen molar-refractivity contribution in [2.24, 2.45) is 5.73 Å². The molecule has 1 heterocycles. The Kier molecular flexibility index (Phi) is 5.78. The maximum absolute atomic E-state index is 13.6. The Balaban J connectivity index is 1.72. The Morgan fingerprint density at radius 2 is 1.93 bits per heavy atom. The van der Waals surface area contributed by atoms with Gasteiger partial charge in [0.1, 0.15) is 11.3 Å². The number of hydrogen-bond acceptors (Lipinski definition) is 5. The largest absolute Gasteiger partial charge is 0.490 e. The third-order valence-electron chi connectivity index (χ3n) is 4.86.